The van der Waals surface area contributed by atoms with Gasteiger partial charge in [-0.1, -0.05) is 0 Å². The average molecular weight is 181 g/mol. The maximum Gasteiger partial charge on any atom is 0.217 e. The molecule has 13 heavy (non-hydrogen) atoms. The lowest BCUT2D eigenvalue weighted by Gasteiger charge is -1.92. The van der Waals surface area contributed by atoms with Crippen LogP contribution in [0.5, 0.6) is 0 Å². The number of rotatable bonds is 5. The first-order valence-corrected chi connectivity index (χ1v) is 4.84. The van der Waals surface area contributed by atoms with Crippen LogP contribution < -0.4 is 5.32 Å². The highest BCUT2D eigenvalue weighted by molar-refractivity contribution is 4.88. The first-order chi connectivity index (χ1) is 6.38. The molecule has 1 fully saturated rings. The molecule has 0 spiro atoms. The van der Waals surface area contributed by atoms with Crippen LogP contribution in [-0.2, 0) is 12.8 Å². The lowest BCUT2D eigenvalue weighted by atomic mass is 10.3. The Morgan fingerprint density at radius 2 is 2.15 bits per heavy atom. The van der Waals surface area contributed by atoms with Crippen LogP contribution in [0.4, 0.5) is 0 Å². The van der Waals surface area contributed by atoms with Crippen LogP contribution in [0.3, 0.4) is 0 Å². The van der Waals surface area contributed by atoms with Gasteiger partial charge in [-0.2, -0.15) is 0 Å². The molecule has 0 radical (unpaired) electrons. The third-order valence-corrected chi connectivity index (χ3v) is 2.26. The maximum absolute atomic E-state index is 5.47. The Labute approximate surface area is 77.7 Å². The van der Waals surface area contributed by atoms with Gasteiger partial charge in [0.2, 0.25) is 11.8 Å². The van der Waals surface area contributed by atoms with E-state index in [-0.39, 0.29) is 0 Å². The molecule has 0 aliphatic heterocycles. The summed E-state index contributed by atoms with van der Waals surface area (Å²) in [5.74, 6) is 2.39. The minimum absolute atomic E-state index is 0.755. The molecule has 4 nitrogen and oxygen atoms in total. The molecule has 0 atom stereocenters. The summed E-state index contributed by atoms with van der Waals surface area (Å²) in [4.78, 5) is 0. The van der Waals surface area contributed by atoms with Gasteiger partial charge in [0.15, 0.2) is 0 Å². The lowest BCUT2D eigenvalue weighted by Crippen LogP contribution is -2.10. The fourth-order valence-corrected chi connectivity index (χ4v) is 1.27. The second-order valence-corrected chi connectivity index (χ2v) is 3.59. The van der Waals surface area contributed by atoms with Crippen molar-refractivity contribution < 1.29 is 4.42 Å². The van der Waals surface area contributed by atoms with Gasteiger partial charge >= 0.3 is 0 Å². The zero-order valence-corrected chi connectivity index (χ0v) is 7.92. The number of nitrogens with one attached hydrogen (secondary N) is 1. The van der Waals surface area contributed by atoms with E-state index in [2.05, 4.69) is 15.5 Å². The van der Waals surface area contributed by atoms with Crippen LogP contribution in [0.15, 0.2) is 4.42 Å². The number of nitrogens with zero attached hydrogens (tertiary/aromatic N) is 2. The van der Waals surface area contributed by atoms with Crippen molar-refractivity contribution >= 4 is 0 Å². The normalized spacial score (nSPS) is 16.4. The standard InChI is InChI=1S/C9H15N3O/c1-10-5-4-8-11-12-9(13-8)6-7-2-3-7/h7,10H,2-6H2,1H3. The van der Waals surface area contributed by atoms with Crippen LogP contribution >= 0.6 is 0 Å². The molecule has 1 heterocycles. The molecule has 1 aromatic heterocycles. The Morgan fingerprint density at radius 1 is 1.38 bits per heavy atom. The minimum Gasteiger partial charge on any atom is -0.425 e. The predicted molar refractivity (Wildman–Crippen MR) is 48.4 cm³/mol. The van der Waals surface area contributed by atoms with Gasteiger partial charge in [0, 0.05) is 19.4 Å². The Balaban J connectivity index is 1.84. The second-order valence-electron chi connectivity index (χ2n) is 3.59. The van der Waals surface area contributed by atoms with Gasteiger partial charge in [-0.05, 0) is 25.8 Å². The minimum atomic E-state index is 0.755. The summed E-state index contributed by atoms with van der Waals surface area (Å²) < 4.78 is 5.47. The third-order valence-electron chi connectivity index (χ3n) is 2.26. The Hall–Kier alpha value is -0.900. The number of hydrogen-bond donors (Lipinski definition) is 1. The molecule has 0 bridgehead atoms. The molecular formula is C9H15N3O. The van der Waals surface area contributed by atoms with E-state index in [1.165, 1.54) is 12.8 Å². The number of likely N-dealkylation sites (N-methyl/N-ethyl adjacent to an activating group) is 1. The molecule has 1 aliphatic rings. The number of aromatic nitrogens is 2. The van der Waals surface area contributed by atoms with E-state index in [0.29, 0.717) is 0 Å². The molecule has 0 aromatic carbocycles. The van der Waals surface area contributed by atoms with Crippen molar-refractivity contribution in [3.8, 4) is 0 Å². The van der Waals surface area contributed by atoms with E-state index in [4.69, 9.17) is 4.42 Å². The highest BCUT2D eigenvalue weighted by Gasteiger charge is 2.24. The molecule has 0 saturated heterocycles. The molecule has 1 aromatic rings. The Morgan fingerprint density at radius 3 is 2.85 bits per heavy atom. The molecule has 4 heteroatoms. The first-order valence-electron chi connectivity index (χ1n) is 4.84. The molecule has 1 N–H and O–H groups in total. The van der Waals surface area contributed by atoms with Crippen molar-refractivity contribution in [2.75, 3.05) is 13.6 Å². The van der Waals surface area contributed by atoms with E-state index in [1.807, 2.05) is 7.05 Å². The predicted octanol–water partition coefficient (Wildman–Crippen LogP) is 0.784. The summed E-state index contributed by atoms with van der Waals surface area (Å²) in [6.07, 6.45) is 4.46. The summed E-state index contributed by atoms with van der Waals surface area (Å²) in [5.41, 5.74) is 0. The van der Waals surface area contributed by atoms with Crippen LogP contribution in [0.1, 0.15) is 24.6 Å². The summed E-state index contributed by atoms with van der Waals surface area (Å²) in [6, 6.07) is 0. The van der Waals surface area contributed by atoms with Gasteiger partial charge in [-0.15, -0.1) is 10.2 Å². The molecule has 72 valence electrons. The van der Waals surface area contributed by atoms with Gasteiger partial charge < -0.3 is 9.73 Å². The molecule has 1 aliphatic carbocycles. The smallest absolute Gasteiger partial charge is 0.217 e. The van der Waals surface area contributed by atoms with Crippen molar-refractivity contribution in [1.82, 2.24) is 15.5 Å². The van der Waals surface area contributed by atoms with E-state index >= 15 is 0 Å². The van der Waals surface area contributed by atoms with Crippen molar-refractivity contribution in [3.05, 3.63) is 11.8 Å². The van der Waals surface area contributed by atoms with E-state index in [1.54, 1.807) is 0 Å². The third kappa shape index (κ3) is 2.52. The summed E-state index contributed by atoms with van der Waals surface area (Å²) in [7, 11) is 1.92. The molecule has 1 saturated carbocycles. The molecule has 0 unspecified atom stereocenters. The molecule has 0 amide bonds. The Kier molecular flexibility index (Phi) is 2.59. The van der Waals surface area contributed by atoms with Gasteiger partial charge in [-0.25, -0.2) is 0 Å². The summed E-state index contributed by atoms with van der Waals surface area (Å²) in [5, 5.41) is 11.0. The van der Waals surface area contributed by atoms with E-state index < -0.39 is 0 Å². The zero-order chi connectivity index (χ0) is 9.10. The topological polar surface area (TPSA) is 51.0 Å². The van der Waals surface area contributed by atoms with Crippen LogP contribution in [0.2, 0.25) is 0 Å². The highest BCUT2D eigenvalue weighted by atomic mass is 16.4. The Bertz CT molecular complexity index is 268. The van der Waals surface area contributed by atoms with Crippen molar-refractivity contribution in [2.45, 2.75) is 25.7 Å². The van der Waals surface area contributed by atoms with Crippen LogP contribution in [0, 0.1) is 5.92 Å². The zero-order valence-electron chi connectivity index (χ0n) is 7.92. The highest BCUT2D eigenvalue weighted by Crippen LogP contribution is 2.32. The summed E-state index contributed by atoms with van der Waals surface area (Å²) >= 11 is 0. The van der Waals surface area contributed by atoms with Crippen molar-refractivity contribution in [2.24, 2.45) is 5.92 Å². The second kappa shape index (κ2) is 3.87. The molecular weight excluding hydrogens is 166 g/mol. The monoisotopic (exact) mass is 181 g/mol. The quantitative estimate of drug-likeness (QED) is 0.729. The van der Waals surface area contributed by atoms with Crippen LogP contribution in [-0.4, -0.2) is 23.8 Å². The largest absolute Gasteiger partial charge is 0.425 e. The fourth-order valence-electron chi connectivity index (χ4n) is 1.27. The SMILES string of the molecule is CNCCc1nnc(CC2CC2)o1. The maximum atomic E-state index is 5.47. The van der Waals surface area contributed by atoms with Gasteiger partial charge in [0.25, 0.3) is 0 Å². The first kappa shape index (κ1) is 8.69. The van der Waals surface area contributed by atoms with E-state index in [0.717, 1.165) is 37.1 Å². The number of hydrogen-bond acceptors (Lipinski definition) is 4. The lowest BCUT2D eigenvalue weighted by molar-refractivity contribution is 0.438. The van der Waals surface area contributed by atoms with Crippen molar-refractivity contribution in [3.63, 3.8) is 0 Å². The molecule has 2 rings (SSSR count). The van der Waals surface area contributed by atoms with Gasteiger partial charge in [0.1, 0.15) is 0 Å². The van der Waals surface area contributed by atoms with Crippen molar-refractivity contribution in [1.29, 1.82) is 0 Å². The average Bonchev–Trinajstić information content (AvgIpc) is 2.81. The summed E-state index contributed by atoms with van der Waals surface area (Å²) in [6.45, 7) is 0.894. The van der Waals surface area contributed by atoms with Gasteiger partial charge in [0.05, 0.1) is 0 Å². The fraction of sp³-hybridized carbons (Fsp3) is 0.778. The van der Waals surface area contributed by atoms with Crippen LogP contribution in [0.25, 0.3) is 0 Å². The van der Waals surface area contributed by atoms with E-state index in [9.17, 15) is 0 Å². The van der Waals surface area contributed by atoms with Gasteiger partial charge in [-0.3, -0.25) is 0 Å².